The van der Waals surface area contributed by atoms with Crippen molar-refractivity contribution in [1.82, 2.24) is 18.8 Å². The molecule has 1 N–H and O–H groups in total. The van der Waals surface area contributed by atoms with Gasteiger partial charge in [0.2, 0.25) is 0 Å². The topological polar surface area (TPSA) is 55.9 Å². The fourth-order valence-electron chi connectivity index (χ4n) is 4.40. The van der Waals surface area contributed by atoms with Gasteiger partial charge in [-0.2, -0.15) is 17.0 Å². The molecule has 3 aliphatic rings. The molecule has 7 heteroatoms. The van der Waals surface area contributed by atoms with Crippen molar-refractivity contribution in [2.75, 3.05) is 52.9 Å². The van der Waals surface area contributed by atoms with Crippen molar-refractivity contribution in [2.24, 2.45) is 5.92 Å². The van der Waals surface area contributed by atoms with Gasteiger partial charge in [0.25, 0.3) is 10.2 Å². The summed E-state index contributed by atoms with van der Waals surface area (Å²) in [4.78, 5) is 2.45. The van der Waals surface area contributed by atoms with Gasteiger partial charge in [-0.25, -0.2) is 0 Å². The lowest BCUT2D eigenvalue weighted by molar-refractivity contribution is 0.147. The first kappa shape index (κ1) is 18.6. The molecule has 2 heterocycles. The largest absolute Gasteiger partial charge is 0.316 e. The van der Waals surface area contributed by atoms with Crippen LogP contribution in [0.5, 0.6) is 0 Å². The summed E-state index contributed by atoms with van der Waals surface area (Å²) in [6.45, 7) is 6.39. The average molecular weight is 359 g/mol. The van der Waals surface area contributed by atoms with Crippen molar-refractivity contribution in [3.63, 3.8) is 0 Å². The SMILES string of the molecule is CN(C1CCCCC1)S(=O)(=O)N1CCN(CC2CCCNC2)CC1. The van der Waals surface area contributed by atoms with Crippen molar-refractivity contribution in [2.45, 2.75) is 51.0 Å². The molecule has 3 fully saturated rings. The summed E-state index contributed by atoms with van der Waals surface area (Å²) in [7, 11) is -1.51. The van der Waals surface area contributed by atoms with Crippen LogP contribution in [-0.2, 0) is 10.2 Å². The molecule has 2 saturated heterocycles. The van der Waals surface area contributed by atoms with Gasteiger partial charge in [0.1, 0.15) is 0 Å². The van der Waals surface area contributed by atoms with E-state index in [1.165, 1.54) is 19.3 Å². The summed E-state index contributed by atoms with van der Waals surface area (Å²) in [5.74, 6) is 0.729. The smallest absolute Gasteiger partial charge is 0.282 e. The van der Waals surface area contributed by atoms with Crippen LogP contribution in [0.1, 0.15) is 44.9 Å². The predicted molar refractivity (Wildman–Crippen MR) is 97.2 cm³/mol. The van der Waals surface area contributed by atoms with Gasteiger partial charge in [0, 0.05) is 45.8 Å². The van der Waals surface area contributed by atoms with Crippen LogP contribution in [0.25, 0.3) is 0 Å². The van der Waals surface area contributed by atoms with Gasteiger partial charge >= 0.3 is 0 Å². The van der Waals surface area contributed by atoms with Crippen LogP contribution in [0.3, 0.4) is 0 Å². The van der Waals surface area contributed by atoms with E-state index in [1.54, 1.807) is 15.7 Å². The lowest BCUT2D eigenvalue weighted by Gasteiger charge is -2.39. The van der Waals surface area contributed by atoms with Gasteiger partial charge in [0.15, 0.2) is 0 Å². The second-order valence-corrected chi connectivity index (χ2v) is 9.72. The first-order valence-electron chi connectivity index (χ1n) is 9.73. The molecule has 6 nitrogen and oxygen atoms in total. The highest BCUT2D eigenvalue weighted by Gasteiger charge is 2.34. The van der Waals surface area contributed by atoms with Crippen LogP contribution in [0.15, 0.2) is 0 Å². The third kappa shape index (κ3) is 4.49. The highest BCUT2D eigenvalue weighted by Crippen LogP contribution is 2.25. The molecule has 2 aliphatic heterocycles. The molecule has 0 amide bonds. The second-order valence-electron chi connectivity index (χ2n) is 7.73. The van der Waals surface area contributed by atoms with Crippen molar-refractivity contribution in [3.8, 4) is 0 Å². The molecule has 0 aromatic heterocycles. The Balaban J connectivity index is 1.49. The Morgan fingerprint density at radius 3 is 2.33 bits per heavy atom. The van der Waals surface area contributed by atoms with Gasteiger partial charge in [-0.05, 0) is 44.7 Å². The second kappa shape index (κ2) is 8.45. The maximum absolute atomic E-state index is 12.9. The van der Waals surface area contributed by atoms with Crippen LogP contribution in [-0.4, -0.2) is 80.8 Å². The van der Waals surface area contributed by atoms with E-state index < -0.39 is 10.2 Å². The summed E-state index contributed by atoms with van der Waals surface area (Å²) < 4.78 is 29.2. The predicted octanol–water partition coefficient (Wildman–Crippen LogP) is 1.11. The fraction of sp³-hybridized carbons (Fsp3) is 1.00. The molecular formula is C17H34N4O2S. The van der Waals surface area contributed by atoms with Crippen LogP contribution in [0.4, 0.5) is 0 Å². The fourth-order valence-corrected chi connectivity index (χ4v) is 5.98. The van der Waals surface area contributed by atoms with Gasteiger partial charge in [-0.3, -0.25) is 0 Å². The minimum atomic E-state index is -3.29. The summed E-state index contributed by atoms with van der Waals surface area (Å²) in [6.07, 6.45) is 8.18. The van der Waals surface area contributed by atoms with Crippen molar-refractivity contribution >= 4 is 10.2 Å². The van der Waals surface area contributed by atoms with Crippen LogP contribution in [0, 0.1) is 5.92 Å². The number of hydrogen-bond donors (Lipinski definition) is 1. The standard InChI is InChI=1S/C17H34N4O2S/c1-19(17-7-3-2-4-8-17)24(22,23)21-12-10-20(11-13-21)15-16-6-5-9-18-14-16/h16-18H,2-15H2,1H3. The summed E-state index contributed by atoms with van der Waals surface area (Å²) in [5, 5.41) is 3.47. The molecule has 1 atom stereocenters. The molecular weight excluding hydrogens is 324 g/mol. The van der Waals surface area contributed by atoms with Crippen LogP contribution < -0.4 is 5.32 Å². The Morgan fingerprint density at radius 2 is 1.71 bits per heavy atom. The van der Waals surface area contributed by atoms with E-state index in [2.05, 4.69) is 10.2 Å². The molecule has 0 radical (unpaired) electrons. The zero-order valence-electron chi connectivity index (χ0n) is 15.1. The van der Waals surface area contributed by atoms with Gasteiger partial charge in [-0.1, -0.05) is 19.3 Å². The van der Waals surface area contributed by atoms with Crippen molar-refractivity contribution in [1.29, 1.82) is 0 Å². The Hall–Kier alpha value is -0.210. The van der Waals surface area contributed by atoms with E-state index in [0.29, 0.717) is 13.1 Å². The molecule has 0 bridgehead atoms. The molecule has 140 valence electrons. The minimum absolute atomic E-state index is 0.204. The molecule has 0 spiro atoms. The van der Waals surface area contributed by atoms with Crippen LogP contribution in [0.2, 0.25) is 0 Å². The highest BCUT2D eigenvalue weighted by atomic mass is 32.2. The number of nitrogens with one attached hydrogen (secondary N) is 1. The Labute approximate surface area is 147 Å². The number of piperazine rings is 1. The normalized spacial score (nSPS) is 29.2. The molecule has 0 aromatic rings. The third-order valence-corrected chi connectivity index (χ3v) is 8.07. The van der Waals surface area contributed by atoms with E-state index in [9.17, 15) is 8.42 Å². The zero-order valence-corrected chi connectivity index (χ0v) is 15.9. The molecule has 1 saturated carbocycles. The Morgan fingerprint density at radius 1 is 1.00 bits per heavy atom. The molecule has 1 aliphatic carbocycles. The molecule has 24 heavy (non-hydrogen) atoms. The lowest BCUT2D eigenvalue weighted by Crippen LogP contribution is -2.55. The Bertz CT molecular complexity index is 479. The monoisotopic (exact) mass is 358 g/mol. The van der Waals surface area contributed by atoms with E-state index >= 15 is 0 Å². The minimum Gasteiger partial charge on any atom is -0.316 e. The quantitative estimate of drug-likeness (QED) is 0.800. The first-order valence-corrected chi connectivity index (χ1v) is 11.1. The highest BCUT2D eigenvalue weighted by molar-refractivity contribution is 7.86. The number of nitrogens with zero attached hydrogens (tertiary/aromatic N) is 3. The van der Waals surface area contributed by atoms with Gasteiger partial charge in [-0.15, -0.1) is 0 Å². The van der Waals surface area contributed by atoms with E-state index in [1.807, 2.05) is 0 Å². The first-order chi connectivity index (χ1) is 11.6. The number of hydrogen-bond acceptors (Lipinski definition) is 4. The maximum Gasteiger partial charge on any atom is 0.282 e. The molecule has 1 unspecified atom stereocenters. The van der Waals surface area contributed by atoms with E-state index in [4.69, 9.17) is 0 Å². The van der Waals surface area contributed by atoms with E-state index in [0.717, 1.165) is 64.3 Å². The molecule has 0 aromatic carbocycles. The van der Waals surface area contributed by atoms with E-state index in [-0.39, 0.29) is 6.04 Å². The average Bonchev–Trinajstić information content (AvgIpc) is 2.63. The van der Waals surface area contributed by atoms with Gasteiger partial charge in [0.05, 0.1) is 0 Å². The van der Waals surface area contributed by atoms with Crippen molar-refractivity contribution < 1.29 is 8.42 Å². The van der Waals surface area contributed by atoms with Crippen molar-refractivity contribution in [3.05, 3.63) is 0 Å². The number of piperidine rings is 1. The zero-order chi connectivity index (χ0) is 17.0. The maximum atomic E-state index is 12.9. The number of rotatable bonds is 5. The van der Waals surface area contributed by atoms with Gasteiger partial charge < -0.3 is 10.2 Å². The third-order valence-electron chi connectivity index (χ3n) is 6.03. The van der Waals surface area contributed by atoms with Crippen LogP contribution >= 0.6 is 0 Å². The Kier molecular flexibility index (Phi) is 6.54. The summed E-state index contributed by atoms with van der Waals surface area (Å²) >= 11 is 0. The summed E-state index contributed by atoms with van der Waals surface area (Å²) in [6, 6.07) is 0.204. The molecule has 3 rings (SSSR count). The summed E-state index contributed by atoms with van der Waals surface area (Å²) in [5.41, 5.74) is 0. The lowest BCUT2D eigenvalue weighted by atomic mass is 9.96.